The van der Waals surface area contributed by atoms with Gasteiger partial charge < -0.3 is 0 Å². The molecule has 0 saturated carbocycles. The third kappa shape index (κ3) is 2.35. The van der Waals surface area contributed by atoms with Crippen LogP contribution >= 0.6 is 22.6 Å². The summed E-state index contributed by atoms with van der Waals surface area (Å²) < 4.78 is 27.0. The maximum absolute atomic E-state index is 12.7. The number of benzene rings is 1. The largest absolute Gasteiger partial charge is 0.288 e. The van der Waals surface area contributed by atoms with Crippen LogP contribution in [0.5, 0.6) is 0 Å². The Labute approximate surface area is 138 Å². The molecule has 112 valence electrons. The monoisotopic (exact) mass is 429 g/mol. The molecule has 0 aliphatic heterocycles. The van der Waals surface area contributed by atoms with Gasteiger partial charge in [-0.3, -0.25) is 10.1 Å². The van der Waals surface area contributed by atoms with Gasteiger partial charge in [-0.2, -0.15) is 0 Å². The van der Waals surface area contributed by atoms with Crippen molar-refractivity contribution < 1.29 is 13.3 Å². The molecular formula is C13H8IN3O4S. The van der Waals surface area contributed by atoms with E-state index in [1.165, 1.54) is 18.2 Å². The molecule has 7 nitrogen and oxygen atoms in total. The second kappa shape index (κ2) is 5.32. The molecule has 2 heterocycles. The highest BCUT2D eigenvalue weighted by atomic mass is 127. The molecule has 0 fully saturated rings. The number of nitro groups is 1. The van der Waals surface area contributed by atoms with Gasteiger partial charge in [0.2, 0.25) is 0 Å². The van der Waals surface area contributed by atoms with Crippen LogP contribution in [-0.2, 0) is 10.0 Å². The van der Waals surface area contributed by atoms with E-state index in [0.717, 1.165) is 10.2 Å². The topological polar surface area (TPSA) is 95.1 Å². The van der Waals surface area contributed by atoms with Crippen LogP contribution in [0.4, 0.5) is 5.69 Å². The minimum Gasteiger partial charge on any atom is -0.258 e. The van der Waals surface area contributed by atoms with Crippen LogP contribution in [0.1, 0.15) is 0 Å². The summed E-state index contributed by atoms with van der Waals surface area (Å²) in [6, 6.07) is 10.8. The molecule has 1 aromatic carbocycles. The summed E-state index contributed by atoms with van der Waals surface area (Å²) in [6.45, 7) is 0. The van der Waals surface area contributed by atoms with Crippen molar-refractivity contribution in [1.82, 2.24) is 8.96 Å². The number of aromatic nitrogens is 2. The van der Waals surface area contributed by atoms with E-state index >= 15 is 0 Å². The Bertz CT molecular complexity index is 983. The average molecular weight is 429 g/mol. The summed E-state index contributed by atoms with van der Waals surface area (Å²) in [4.78, 5) is 14.3. The number of rotatable bonds is 3. The van der Waals surface area contributed by atoms with Crippen LogP contribution in [0, 0.1) is 13.8 Å². The van der Waals surface area contributed by atoms with Gasteiger partial charge in [0.25, 0.3) is 15.7 Å². The van der Waals surface area contributed by atoms with Gasteiger partial charge in [-0.15, -0.1) is 0 Å². The van der Waals surface area contributed by atoms with Gasteiger partial charge in [0.15, 0.2) is 5.65 Å². The first kappa shape index (κ1) is 14.9. The summed E-state index contributed by atoms with van der Waals surface area (Å²) >= 11 is 1.87. The van der Waals surface area contributed by atoms with E-state index in [1.807, 2.05) is 22.6 Å². The van der Waals surface area contributed by atoms with Crippen LogP contribution < -0.4 is 0 Å². The second-order valence-electron chi connectivity index (χ2n) is 4.41. The lowest BCUT2D eigenvalue weighted by molar-refractivity contribution is -0.385. The Hall–Kier alpha value is -2.01. The number of pyridine rings is 1. The zero-order chi connectivity index (χ0) is 15.9. The van der Waals surface area contributed by atoms with Crippen molar-refractivity contribution in [2.75, 3.05) is 0 Å². The van der Waals surface area contributed by atoms with Crippen LogP contribution in [0.3, 0.4) is 0 Å². The summed E-state index contributed by atoms with van der Waals surface area (Å²) in [7, 11) is -3.81. The molecule has 3 aromatic rings. The third-order valence-electron chi connectivity index (χ3n) is 3.03. The van der Waals surface area contributed by atoms with Gasteiger partial charge in [0, 0.05) is 11.5 Å². The molecule has 22 heavy (non-hydrogen) atoms. The van der Waals surface area contributed by atoms with Crippen molar-refractivity contribution in [3.63, 3.8) is 0 Å². The number of fused-ring (bicyclic) bond motifs is 1. The highest BCUT2D eigenvalue weighted by Gasteiger charge is 2.23. The standard InChI is InChI=1S/C13H8IN3O4S/c14-12-7-9-6-10(17(18)19)8-15-13(9)16(12)22(20,21)11-4-2-1-3-5-11/h1-8H. The van der Waals surface area contributed by atoms with Crippen molar-refractivity contribution in [3.05, 3.63) is 62.5 Å². The first-order chi connectivity index (χ1) is 10.4. The lowest BCUT2D eigenvalue weighted by atomic mass is 10.3. The first-order valence-corrected chi connectivity index (χ1v) is 8.55. The molecule has 0 aliphatic carbocycles. The quantitative estimate of drug-likeness (QED) is 0.363. The Morgan fingerprint density at radius 1 is 1.18 bits per heavy atom. The average Bonchev–Trinajstić information content (AvgIpc) is 2.83. The normalized spacial score (nSPS) is 11.7. The van der Waals surface area contributed by atoms with E-state index in [1.54, 1.807) is 24.3 Å². The van der Waals surface area contributed by atoms with Crippen molar-refractivity contribution >= 4 is 49.3 Å². The minimum atomic E-state index is -3.81. The lowest BCUT2D eigenvalue weighted by Gasteiger charge is -2.08. The fourth-order valence-electron chi connectivity index (χ4n) is 2.05. The van der Waals surface area contributed by atoms with Crippen molar-refractivity contribution in [2.24, 2.45) is 0 Å². The van der Waals surface area contributed by atoms with Gasteiger partial charge >= 0.3 is 0 Å². The Kier molecular flexibility index (Phi) is 3.60. The van der Waals surface area contributed by atoms with Gasteiger partial charge in [-0.05, 0) is 40.8 Å². The number of nitrogens with zero attached hydrogens (tertiary/aromatic N) is 3. The van der Waals surface area contributed by atoms with Crippen molar-refractivity contribution in [1.29, 1.82) is 0 Å². The third-order valence-corrected chi connectivity index (χ3v) is 5.87. The Morgan fingerprint density at radius 2 is 1.86 bits per heavy atom. The lowest BCUT2D eigenvalue weighted by Crippen LogP contribution is -2.14. The van der Waals surface area contributed by atoms with Gasteiger partial charge in [0.1, 0.15) is 6.20 Å². The predicted octanol–water partition coefficient (Wildman–Crippen LogP) is 2.79. The fraction of sp³-hybridized carbons (Fsp3) is 0. The smallest absolute Gasteiger partial charge is 0.258 e. The molecule has 0 unspecified atom stereocenters. The van der Waals surface area contributed by atoms with Crippen LogP contribution in [0.25, 0.3) is 11.0 Å². The highest BCUT2D eigenvalue weighted by molar-refractivity contribution is 14.1. The molecule has 0 spiro atoms. The van der Waals surface area contributed by atoms with Gasteiger partial charge in [0.05, 0.1) is 13.5 Å². The van der Waals surface area contributed by atoms with Crippen LogP contribution in [-0.4, -0.2) is 22.3 Å². The highest BCUT2D eigenvalue weighted by Crippen LogP contribution is 2.27. The van der Waals surface area contributed by atoms with E-state index < -0.39 is 14.9 Å². The molecule has 2 aromatic heterocycles. The maximum Gasteiger partial charge on any atom is 0.288 e. The second-order valence-corrected chi connectivity index (χ2v) is 7.30. The van der Waals surface area contributed by atoms with Crippen molar-refractivity contribution in [3.8, 4) is 0 Å². The van der Waals surface area contributed by atoms with E-state index in [-0.39, 0.29) is 16.2 Å². The van der Waals surface area contributed by atoms with E-state index in [4.69, 9.17) is 0 Å². The number of halogens is 1. The molecule has 0 aliphatic rings. The zero-order valence-electron chi connectivity index (χ0n) is 10.9. The Morgan fingerprint density at radius 3 is 2.50 bits per heavy atom. The SMILES string of the molecule is O=[N+]([O-])c1cnc2c(c1)cc(I)n2S(=O)(=O)c1ccccc1. The molecule has 9 heteroatoms. The fourth-order valence-corrected chi connectivity index (χ4v) is 4.77. The first-order valence-electron chi connectivity index (χ1n) is 6.03. The Balaban J connectivity index is 2.28. The van der Waals surface area contributed by atoms with Crippen molar-refractivity contribution in [2.45, 2.75) is 4.90 Å². The summed E-state index contributed by atoms with van der Waals surface area (Å²) in [5.74, 6) is 0. The van der Waals surface area contributed by atoms with Gasteiger partial charge in [-0.25, -0.2) is 17.4 Å². The summed E-state index contributed by atoms with van der Waals surface area (Å²) in [5.41, 5.74) is -0.0167. The van der Waals surface area contributed by atoms with E-state index in [9.17, 15) is 18.5 Å². The van der Waals surface area contributed by atoms with Gasteiger partial charge in [-0.1, -0.05) is 18.2 Å². The molecular weight excluding hydrogens is 421 g/mol. The summed E-state index contributed by atoms with van der Waals surface area (Å²) in [5, 5.41) is 11.2. The summed E-state index contributed by atoms with van der Waals surface area (Å²) in [6.07, 6.45) is 1.05. The predicted molar refractivity (Wildman–Crippen MR) is 88.1 cm³/mol. The number of hydrogen-bond acceptors (Lipinski definition) is 5. The van der Waals surface area contributed by atoms with Crippen LogP contribution in [0.15, 0.2) is 53.6 Å². The molecule has 3 rings (SSSR count). The maximum atomic E-state index is 12.7. The van der Waals surface area contributed by atoms with E-state index in [0.29, 0.717) is 9.09 Å². The molecule has 0 atom stereocenters. The molecule has 0 amide bonds. The van der Waals surface area contributed by atoms with Crippen LogP contribution in [0.2, 0.25) is 0 Å². The molecule has 0 radical (unpaired) electrons. The van der Waals surface area contributed by atoms with E-state index in [2.05, 4.69) is 4.98 Å². The number of hydrogen-bond donors (Lipinski definition) is 0. The zero-order valence-corrected chi connectivity index (χ0v) is 13.9. The minimum absolute atomic E-state index is 0.130. The molecule has 0 bridgehead atoms. The molecule has 0 N–H and O–H groups in total. The molecule has 0 saturated heterocycles.